The number of aryl methyl sites for hydroxylation is 2. The molecule has 1 aliphatic heterocycles. The number of halogens is 2. The number of nitrogens with one attached hydrogen (secondary N) is 2. The predicted molar refractivity (Wildman–Crippen MR) is 245 cm³/mol. The zero-order chi connectivity index (χ0) is 45.7. The molecule has 2 aromatic carbocycles. The highest BCUT2D eigenvalue weighted by Gasteiger charge is 2.53. The van der Waals surface area contributed by atoms with Crippen molar-refractivity contribution in [1.29, 1.82) is 0 Å². The molecular formula is C46H66ClFN6O9S. The topological polar surface area (TPSA) is 218 Å². The van der Waals surface area contributed by atoms with Crippen LogP contribution in [0.5, 0.6) is 5.75 Å². The van der Waals surface area contributed by atoms with E-state index in [0.717, 1.165) is 34.5 Å². The van der Waals surface area contributed by atoms with Crippen molar-refractivity contribution in [2.75, 3.05) is 39.6 Å². The van der Waals surface area contributed by atoms with Crippen molar-refractivity contribution < 1.29 is 47.6 Å². The van der Waals surface area contributed by atoms with E-state index < -0.39 is 47.0 Å². The average molecular weight is 934 g/mol. The number of amides is 4. The summed E-state index contributed by atoms with van der Waals surface area (Å²) in [5, 5.41) is 16.1. The van der Waals surface area contributed by atoms with E-state index in [1.165, 1.54) is 21.8 Å². The highest BCUT2D eigenvalue weighted by atomic mass is 35.5. The molecule has 0 bridgehead atoms. The van der Waals surface area contributed by atoms with Gasteiger partial charge in [-0.3, -0.25) is 19.2 Å². The lowest BCUT2D eigenvalue weighted by Crippen LogP contribution is -2.59. The number of likely N-dealkylation sites (tertiary alicyclic amines) is 1. The molecule has 5 atom stereocenters. The maximum absolute atomic E-state index is 14.6. The average Bonchev–Trinajstić information content (AvgIpc) is 3.65. The first-order valence-electron chi connectivity index (χ1n) is 21.8. The van der Waals surface area contributed by atoms with Gasteiger partial charge >= 0.3 is 0 Å². The molecule has 1 saturated carbocycles. The van der Waals surface area contributed by atoms with E-state index >= 15 is 0 Å². The van der Waals surface area contributed by atoms with Gasteiger partial charge in [-0.25, -0.2) is 9.37 Å². The molecule has 0 radical (unpaired) electrons. The molecule has 1 saturated heterocycles. The van der Waals surface area contributed by atoms with E-state index in [-0.39, 0.29) is 75.8 Å². The van der Waals surface area contributed by atoms with Crippen molar-refractivity contribution in [3.63, 3.8) is 0 Å². The van der Waals surface area contributed by atoms with Gasteiger partial charge in [0.1, 0.15) is 24.4 Å². The van der Waals surface area contributed by atoms with E-state index in [9.17, 15) is 28.7 Å². The highest BCUT2D eigenvalue weighted by molar-refractivity contribution is 7.13. The third-order valence-corrected chi connectivity index (χ3v) is 12.3. The summed E-state index contributed by atoms with van der Waals surface area (Å²) in [5.74, 6) is -1.66. The number of carbonyl (C=O) groups excluding carboxylic acids is 4. The molecule has 64 heavy (non-hydrogen) atoms. The molecule has 1 aromatic heterocycles. The van der Waals surface area contributed by atoms with E-state index in [2.05, 4.69) is 27.8 Å². The third-order valence-electron chi connectivity index (χ3n) is 11.4. The fourth-order valence-corrected chi connectivity index (χ4v) is 7.98. The Morgan fingerprint density at radius 2 is 1.70 bits per heavy atom. The third kappa shape index (κ3) is 15.5. The van der Waals surface area contributed by atoms with Crippen LogP contribution >= 0.6 is 23.7 Å². The number of ether oxygens (including phenoxy) is 4. The predicted octanol–water partition coefficient (Wildman–Crippen LogP) is 4.69. The second-order valence-corrected chi connectivity index (χ2v) is 18.5. The molecule has 15 nitrogen and oxygen atoms in total. The fourth-order valence-electron chi connectivity index (χ4n) is 7.18. The van der Waals surface area contributed by atoms with Crippen LogP contribution in [-0.4, -0.2) is 114 Å². The van der Waals surface area contributed by atoms with Crippen molar-refractivity contribution in [3.05, 3.63) is 70.4 Å². The Balaban J connectivity index is 0.00000898. The van der Waals surface area contributed by atoms with Crippen LogP contribution < -0.4 is 26.8 Å². The van der Waals surface area contributed by atoms with E-state index in [0.29, 0.717) is 50.8 Å². The Morgan fingerprint density at radius 1 is 1.03 bits per heavy atom. The first-order valence-corrected chi connectivity index (χ1v) is 22.6. The maximum Gasteiger partial charge on any atom is 0.258 e. The summed E-state index contributed by atoms with van der Waals surface area (Å²) < 4.78 is 38.3. The lowest BCUT2D eigenvalue weighted by molar-refractivity contribution is -0.145. The summed E-state index contributed by atoms with van der Waals surface area (Å²) in [5.41, 5.74) is 15.1. The van der Waals surface area contributed by atoms with E-state index in [1.807, 2.05) is 44.2 Å². The van der Waals surface area contributed by atoms with Crippen LogP contribution in [0, 0.1) is 12.3 Å². The summed E-state index contributed by atoms with van der Waals surface area (Å²) in [4.78, 5) is 57.9. The molecule has 1 aliphatic carbocycles. The van der Waals surface area contributed by atoms with Gasteiger partial charge in [-0.1, -0.05) is 57.2 Å². The number of aliphatic hydroxyl groups is 1. The van der Waals surface area contributed by atoms with Gasteiger partial charge in [-0.15, -0.1) is 23.7 Å². The van der Waals surface area contributed by atoms with Crippen molar-refractivity contribution in [3.8, 4) is 16.2 Å². The first kappa shape index (κ1) is 52.4. The summed E-state index contributed by atoms with van der Waals surface area (Å²) in [6, 6.07) is 11.6. The summed E-state index contributed by atoms with van der Waals surface area (Å²) in [6.45, 7) is 11.5. The smallest absolute Gasteiger partial charge is 0.258 e. The molecule has 4 amide bonds. The molecule has 2 heterocycles. The molecule has 7 N–H and O–H groups in total. The number of aliphatic hydroxyl groups excluding tert-OH is 1. The summed E-state index contributed by atoms with van der Waals surface area (Å²) >= 11 is 1.51. The van der Waals surface area contributed by atoms with Gasteiger partial charge in [-0.05, 0) is 74.1 Å². The van der Waals surface area contributed by atoms with Crippen LogP contribution in [-0.2, 0) is 53.0 Å². The molecule has 0 spiro atoms. The quantitative estimate of drug-likeness (QED) is 0.0735. The number of aromatic nitrogens is 1. The second-order valence-electron chi connectivity index (χ2n) is 17.6. The number of alkyl halides is 1. The van der Waals surface area contributed by atoms with Gasteiger partial charge in [0.2, 0.25) is 17.7 Å². The number of nitrogens with zero attached hydrogens (tertiary/aromatic N) is 2. The Morgan fingerprint density at radius 3 is 2.34 bits per heavy atom. The molecule has 18 heteroatoms. The zero-order valence-corrected chi connectivity index (χ0v) is 39.2. The SMILES string of the molecule is Cc1ncsc1-c1ccc(CNC(=O)[C@@H]2C[C@@H](O)CN2C(=O)[C@@H](NC(=O)C2(F)CC2)C(C)(C)C)c(OCCOCCOCCCc2ccc(CO[C@H](C)[C@@H](N)CCC(N)=O)cc2)c1.Cl. The lowest BCUT2D eigenvalue weighted by atomic mass is 9.85. The Kier molecular flexibility index (Phi) is 19.9. The minimum absolute atomic E-state index is 0. The number of primary amides is 1. The van der Waals surface area contributed by atoms with Gasteiger partial charge in [-0.2, -0.15) is 0 Å². The van der Waals surface area contributed by atoms with Gasteiger partial charge in [0, 0.05) is 44.1 Å². The summed E-state index contributed by atoms with van der Waals surface area (Å²) in [7, 11) is 0. The summed E-state index contributed by atoms with van der Waals surface area (Å²) in [6.07, 6.45) is 1.55. The maximum atomic E-state index is 14.6. The van der Waals surface area contributed by atoms with Gasteiger partial charge < -0.3 is 51.1 Å². The minimum Gasteiger partial charge on any atom is -0.491 e. The number of hydrogen-bond donors (Lipinski definition) is 5. The van der Waals surface area contributed by atoms with Crippen LogP contribution in [0.3, 0.4) is 0 Å². The second kappa shape index (κ2) is 24.3. The minimum atomic E-state index is -1.97. The molecule has 5 rings (SSSR count). The Labute approximate surface area is 385 Å². The standard InChI is InChI=1S/C46H65FN6O9S.ClH/c1-29-40(63-28-51-29)33-12-13-34(25-50-42(56)37-24-35(54)26-53(37)43(57)41(45(3,4)5)52-44(58)46(47)16-17-46)38(23-33)61-22-21-60-20-19-59-18-6-7-31-8-10-32(11-9-31)27-62-30(2)36(48)14-15-39(49)55;/h8-13,23,28,30,35-37,41,54H,6-7,14-22,24-27,48H2,1-5H3,(H2,49,55)(H,50,56)(H,52,58);1H/t30-,35-,36+,37+,41-;/m1./s1. The molecule has 0 unspecified atom stereocenters. The zero-order valence-electron chi connectivity index (χ0n) is 37.6. The largest absolute Gasteiger partial charge is 0.491 e. The number of β-amino-alcohol motifs (C(OH)–C–C–N with tert-alkyl or cyclic N) is 1. The highest BCUT2D eigenvalue weighted by Crippen LogP contribution is 2.40. The van der Waals surface area contributed by atoms with Crippen LogP contribution in [0.4, 0.5) is 4.39 Å². The fraction of sp³-hybridized carbons (Fsp3) is 0.587. The molecule has 2 aliphatic rings. The Hall–Kier alpha value is -4.23. The van der Waals surface area contributed by atoms with Gasteiger partial charge in [0.15, 0.2) is 5.67 Å². The number of thiazole rings is 1. The molecule has 354 valence electrons. The monoisotopic (exact) mass is 932 g/mol. The lowest BCUT2D eigenvalue weighted by Gasteiger charge is -2.35. The molecule has 2 fully saturated rings. The van der Waals surface area contributed by atoms with Gasteiger partial charge in [0.05, 0.1) is 54.7 Å². The van der Waals surface area contributed by atoms with Crippen molar-refractivity contribution >= 4 is 47.4 Å². The molecular weight excluding hydrogens is 867 g/mol. The normalized spacial score (nSPS) is 18.1. The van der Waals surface area contributed by atoms with Crippen LogP contribution in [0.25, 0.3) is 10.4 Å². The first-order chi connectivity index (χ1) is 29.9. The number of hydrogen-bond acceptors (Lipinski definition) is 12. The number of nitrogens with two attached hydrogens (primary N) is 2. The van der Waals surface area contributed by atoms with Crippen molar-refractivity contribution in [1.82, 2.24) is 20.5 Å². The van der Waals surface area contributed by atoms with Crippen LogP contribution in [0.2, 0.25) is 0 Å². The Bertz CT molecular complexity index is 2000. The molecule has 3 aromatic rings. The number of benzene rings is 2. The van der Waals surface area contributed by atoms with Crippen molar-refractivity contribution in [2.45, 2.75) is 129 Å². The van der Waals surface area contributed by atoms with Gasteiger partial charge in [0.25, 0.3) is 5.91 Å². The van der Waals surface area contributed by atoms with Crippen molar-refractivity contribution in [2.24, 2.45) is 16.9 Å². The van der Waals surface area contributed by atoms with Crippen LogP contribution in [0.1, 0.15) is 88.6 Å². The van der Waals surface area contributed by atoms with E-state index in [4.69, 9.17) is 30.4 Å². The number of carbonyl (C=O) groups is 4. The number of rotatable bonds is 25. The van der Waals surface area contributed by atoms with E-state index in [1.54, 1.807) is 26.3 Å². The van der Waals surface area contributed by atoms with Crippen LogP contribution in [0.15, 0.2) is 48.0 Å².